The van der Waals surface area contributed by atoms with Crippen LogP contribution in [0.4, 0.5) is 4.79 Å². The average Bonchev–Trinajstić information content (AvgIpc) is 3.29. The fourth-order valence-corrected chi connectivity index (χ4v) is 2.34. The Morgan fingerprint density at radius 3 is 2.52 bits per heavy atom. The van der Waals surface area contributed by atoms with Crippen molar-refractivity contribution in [1.29, 1.82) is 0 Å². The van der Waals surface area contributed by atoms with Gasteiger partial charge in [0.05, 0.1) is 0 Å². The molecule has 21 heavy (non-hydrogen) atoms. The molecule has 2 rings (SSSR count). The van der Waals surface area contributed by atoms with E-state index in [1.54, 1.807) is 0 Å². The summed E-state index contributed by atoms with van der Waals surface area (Å²) in [6.45, 7) is 2.70. The summed E-state index contributed by atoms with van der Waals surface area (Å²) in [7, 11) is 0. The number of amides is 2. The van der Waals surface area contributed by atoms with Gasteiger partial charge in [0, 0.05) is 13.0 Å². The van der Waals surface area contributed by atoms with Crippen molar-refractivity contribution in [2.45, 2.75) is 32.2 Å². The minimum atomic E-state index is -1.02. The number of carboxylic acid groups (broad SMARTS) is 1. The number of rotatable bonds is 7. The highest BCUT2D eigenvalue weighted by Crippen LogP contribution is 2.35. The summed E-state index contributed by atoms with van der Waals surface area (Å²) in [5, 5.41) is 14.5. The van der Waals surface area contributed by atoms with Gasteiger partial charge in [-0.25, -0.2) is 9.59 Å². The molecule has 1 saturated carbocycles. The van der Waals surface area contributed by atoms with Gasteiger partial charge >= 0.3 is 12.0 Å². The van der Waals surface area contributed by atoms with Crippen molar-refractivity contribution in [3.63, 3.8) is 0 Å². The highest BCUT2D eigenvalue weighted by atomic mass is 16.4. The van der Waals surface area contributed by atoms with Crippen molar-refractivity contribution < 1.29 is 14.7 Å². The molecule has 1 fully saturated rings. The van der Waals surface area contributed by atoms with Crippen LogP contribution in [0.2, 0.25) is 0 Å². The first kappa shape index (κ1) is 15.4. The second-order valence-corrected chi connectivity index (χ2v) is 5.75. The van der Waals surface area contributed by atoms with E-state index >= 15 is 0 Å². The monoisotopic (exact) mass is 290 g/mol. The molecule has 1 aliphatic rings. The molecule has 0 heterocycles. The molecule has 0 aromatic heterocycles. The summed E-state index contributed by atoms with van der Waals surface area (Å²) in [4.78, 5) is 23.1. The van der Waals surface area contributed by atoms with Crippen LogP contribution in [0.3, 0.4) is 0 Å². The Kier molecular flexibility index (Phi) is 5.20. The quantitative estimate of drug-likeness (QED) is 0.719. The van der Waals surface area contributed by atoms with Crippen molar-refractivity contribution in [2.75, 3.05) is 6.54 Å². The molecule has 3 N–H and O–H groups in total. The third kappa shape index (κ3) is 5.10. The molecule has 2 amide bonds. The van der Waals surface area contributed by atoms with Crippen LogP contribution in [-0.4, -0.2) is 29.7 Å². The van der Waals surface area contributed by atoms with Crippen LogP contribution < -0.4 is 10.6 Å². The molecular weight excluding hydrogens is 268 g/mol. The lowest BCUT2D eigenvalue weighted by atomic mass is 10.1. The molecule has 0 saturated heterocycles. The fourth-order valence-electron chi connectivity index (χ4n) is 2.34. The number of nitrogens with one attached hydrogen (secondary N) is 2. The SMILES string of the molecule is CC(CNC(=O)NC(Cc1ccccc1)C(=O)O)C1CC1. The van der Waals surface area contributed by atoms with Crippen LogP contribution in [-0.2, 0) is 11.2 Å². The first-order valence-corrected chi connectivity index (χ1v) is 7.37. The first-order valence-electron chi connectivity index (χ1n) is 7.37. The zero-order valence-electron chi connectivity index (χ0n) is 12.2. The molecule has 0 bridgehead atoms. The van der Waals surface area contributed by atoms with Gasteiger partial charge in [-0.1, -0.05) is 37.3 Å². The van der Waals surface area contributed by atoms with E-state index in [0.717, 1.165) is 5.56 Å². The minimum Gasteiger partial charge on any atom is -0.480 e. The van der Waals surface area contributed by atoms with Gasteiger partial charge < -0.3 is 15.7 Å². The molecule has 1 aliphatic carbocycles. The maximum atomic E-state index is 11.8. The number of carboxylic acids is 1. The van der Waals surface area contributed by atoms with Crippen LogP contribution in [0.15, 0.2) is 30.3 Å². The minimum absolute atomic E-state index is 0.280. The van der Waals surface area contributed by atoms with Crippen LogP contribution in [0.25, 0.3) is 0 Å². The highest BCUT2D eigenvalue weighted by molar-refractivity contribution is 5.82. The van der Waals surface area contributed by atoms with Gasteiger partial charge in [-0.05, 0) is 30.2 Å². The average molecular weight is 290 g/mol. The molecule has 2 atom stereocenters. The molecule has 5 nitrogen and oxygen atoms in total. The molecular formula is C16H22N2O3. The van der Waals surface area contributed by atoms with E-state index in [9.17, 15) is 14.7 Å². The van der Waals surface area contributed by atoms with Crippen LogP contribution in [0.5, 0.6) is 0 Å². The predicted octanol–water partition coefficient (Wildman–Crippen LogP) is 2.03. The number of carbonyl (C=O) groups excluding carboxylic acids is 1. The summed E-state index contributed by atoms with van der Waals surface area (Å²) >= 11 is 0. The standard InChI is InChI=1S/C16H22N2O3/c1-11(13-7-8-13)10-17-16(21)18-14(15(19)20)9-12-5-3-2-4-6-12/h2-6,11,13-14H,7-10H2,1H3,(H,19,20)(H2,17,18,21). The third-order valence-electron chi connectivity index (χ3n) is 3.90. The second kappa shape index (κ2) is 7.11. The van der Waals surface area contributed by atoms with E-state index in [1.165, 1.54) is 12.8 Å². The van der Waals surface area contributed by atoms with Crippen molar-refractivity contribution in [1.82, 2.24) is 10.6 Å². The van der Waals surface area contributed by atoms with Gasteiger partial charge in [0.1, 0.15) is 6.04 Å². The molecule has 2 unspecified atom stereocenters. The molecule has 1 aromatic carbocycles. The van der Waals surface area contributed by atoms with Crippen molar-refractivity contribution in [3.8, 4) is 0 Å². The number of carbonyl (C=O) groups is 2. The van der Waals surface area contributed by atoms with Crippen LogP contribution >= 0.6 is 0 Å². The molecule has 114 valence electrons. The van der Waals surface area contributed by atoms with Crippen molar-refractivity contribution in [3.05, 3.63) is 35.9 Å². The Morgan fingerprint density at radius 2 is 1.95 bits per heavy atom. The van der Waals surface area contributed by atoms with E-state index in [4.69, 9.17) is 0 Å². The predicted molar refractivity (Wildman–Crippen MR) is 80.0 cm³/mol. The summed E-state index contributed by atoms with van der Waals surface area (Å²) in [5.41, 5.74) is 0.886. The molecule has 0 radical (unpaired) electrons. The van der Waals surface area contributed by atoms with E-state index < -0.39 is 18.0 Å². The lowest BCUT2D eigenvalue weighted by Crippen LogP contribution is -2.48. The van der Waals surface area contributed by atoms with E-state index in [0.29, 0.717) is 18.4 Å². The van der Waals surface area contributed by atoms with Crippen LogP contribution in [0, 0.1) is 11.8 Å². The Labute approximate surface area is 124 Å². The van der Waals surface area contributed by atoms with Gasteiger partial charge in [0.25, 0.3) is 0 Å². The smallest absolute Gasteiger partial charge is 0.326 e. The van der Waals surface area contributed by atoms with Gasteiger partial charge in [-0.3, -0.25) is 0 Å². The number of benzene rings is 1. The maximum absolute atomic E-state index is 11.8. The lowest BCUT2D eigenvalue weighted by Gasteiger charge is -2.17. The Morgan fingerprint density at radius 1 is 1.29 bits per heavy atom. The molecule has 0 aliphatic heterocycles. The van der Waals surface area contributed by atoms with Crippen LogP contribution in [0.1, 0.15) is 25.3 Å². The number of hydrogen-bond donors (Lipinski definition) is 3. The van der Waals surface area contributed by atoms with E-state index in [-0.39, 0.29) is 6.42 Å². The van der Waals surface area contributed by atoms with Gasteiger partial charge in [-0.15, -0.1) is 0 Å². The highest BCUT2D eigenvalue weighted by Gasteiger charge is 2.28. The van der Waals surface area contributed by atoms with Crippen molar-refractivity contribution >= 4 is 12.0 Å². The molecule has 5 heteroatoms. The summed E-state index contributed by atoms with van der Waals surface area (Å²) in [5.74, 6) is 0.141. The second-order valence-electron chi connectivity index (χ2n) is 5.75. The summed E-state index contributed by atoms with van der Waals surface area (Å²) in [6, 6.07) is 7.96. The van der Waals surface area contributed by atoms with Gasteiger partial charge in [-0.2, -0.15) is 0 Å². The zero-order chi connectivity index (χ0) is 15.2. The number of aliphatic carboxylic acids is 1. The first-order chi connectivity index (χ1) is 10.1. The van der Waals surface area contributed by atoms with Gasteiger partial charge in [0.2, 0.25) is 0 Å². The van der Waals surface area contributed by atoms with E-state index in [2.05, 4.69) is 17.6 Å². The number of urea groups is 1. The molecule has 1 aromatic rings. The van der Waals surface area contributed by atoms with Crippen molar-refractivity contribution in [2.24, 2.45) is 11.8 Å². The summed E-state index contributed by atoms with van der Waals surface area (Å²) in [6.07, 6.45) is 2.74. The maximum Gasteiger partial charge on any atom is 0.326 e. The number of hydrogen-bond acceptors (Lipinski definition) is 2. The Balaban J connectivity index is 1.81. The van der Waals surface area contributed by atoms with E-state index in [1.807, 2.05) is 30.3 Å². The Hall–Kier alpha value is -2.04. The zero-order valence-corrected chi connectivity index (χ0v) is 12.2. The molecule has 0 spiro atoms. The fraction of sp³-hybridized carbons (Fsp3) is 0.500. The Bertz CT molecular complexity index is 486. The third-order valence-corrected chi connectivity index (χ3v) is 3.90. The van der Waals surface area contributed by atoms with Gasteiger partial charge in [0.15, 0.2) is 0 Å². The topological polar surface area (TPSA) is 78.4 Å². The summed E-state index contributed by atoms with van der Waals surface area (Å²) < 4.78 is 0. The normalized spacial score (nSPS) is 16.8. The lowest BCUT2D eigenvalue weighted by molar-refractivity contribution is -0.139. The largest absolute Gasteiger partial charge is 0.480 e.